The Morgan fingerprint density at radius 2 is 2.06 bits per heavy atom. The maximum Gasteiger partial charge on any atom is 0.309 e. The average molecular weight is 297 g/mol. The SMILES string of the molecule is O=C(O)CC(F)(F)Cc1cc(Br)ccc1F. The maximum absolute atomic E-state index is 13.1. The summed E-state index contributed by atoms with van der Waals surface area (Å²) in [4.78, 5) is 10.2. The lowest BCUT2D eigenvalue weighted by Gasteiger charge is -2.14. The number of benzene rings is 1. The van der Waals surface area contributed by atoms with Crippen LogP contribution < -0.4 is 0 Å². The van der Waals surface area contributed by atoms with Crippen molar-refractivity contribution < 1.29 is 23.1 Å². The predicted molar refractivity (Wildman–Crippen MR) is 55.0 cm³/mol. The largest absolute Gasteiger partial charge is 0.481 e. The molecule has 0 spiro atoms. The Morgan fingerprint density at radius 1 is 1.44 bits per heavy atom. The van der Waals surface area contributed by atoms with Crippen LogP contribution >= 0.6 is 15.9 Å². The molecule has 0 aliphatic rings. The summed E-state index contributed by atoms with van der Waals surface area (Å²) >= 11 is 3.03. The zero-order valence-corrected chi connectivity index (χ0v) is 9.60. The molecule has 16 heavy (non-hydrogen) atoms. The number of hydrogen-bond acceptors (Lipinski definition) is 1. The lowest BCUT2D eigenvalue weighted by Crippen LogP contribution is -2.24. The highest BCUT2D eigenvalue weighted by Gasteiger charge is 2.33. The van der Waals surface area contributed by atoms with Crippen molar-refractivity contribution in [3.63, 3.8) is 0 Å². The van der Waals surface area contributed by atoms with Gasteiger partial charge in [-0.2, -0.15) is 0 Å². The van der Waals surface area contributed by atoms with E-state index in [0.29, 0.717) is 4.47 Å². The fourth-order valence-electron chi connectivity index (χ4n) is 1.24. The van der Waals surface area contributed by atoms with Crippen LogP contribution in [0.3, 0.4) is 0 Å². The summed E-state index contributed by atoms with van der Waals surface area (Å²) in [5.41, 5.74) is -0.208. The lowest BCUT2D eigenvalue weighted by molar-refractivity contribution is -0.144. The number of carboxylic acids is 1. The van der Waals surface area contributed by atoms with E-state index in [2.05, 4.69) is 15.9 Å². The van der Waals surface area contributed by atoms with E-state index >= 15 is 0 Å². The van der Waals surface area contributed by atoms with E-state index in [9.17, 15) is 18.0 Å². The van der Waals surface area contributed by atoms with Gasteiger partial charge in [0.15, 0.2) is 0 Å². The summed E-state index contributed by atoms with van der Waals surface area (Å²) < 4.78 is 39.8. The van der Waals surface area contributed by atoms with Crippen LogP contribution in [-0.4, -0.2) is 17.0 Å². The van der Waals surface area contributed by atoms with Crippen molar-refractivity contribution in [2.45, 2.75) is 18.8 Å². The van der Waals surface area contributed by atoms with E-state index in [1.54, 1.807) is 0 Å². The van der Waals surface area contributed by atoms with Gasteiger partial charge in [0.25, 0.3) is 5.92 Å². The van der Waals surface area contributed by atoms with E-state index in [4.69, 9.17) is 5.11 Å². The van der Waals surface area contributed by atoms with Crippen LogP contribution in [0.1, 0.15) is 12.0 Å². The molecule has 0 atom stereocenters. The average Bonchev–Trinajstić information content (AvgIpc) is 2.08. The molecule has 1 aromatic rings. The molecular formula is C10H8BrF3O2. The third kappa shape index (κ3) is 3.84. The van der Waals surface area contributed by atoms with Crippen molar-refractivity contribution >= 4 is 21.9 Å². The highest BCUT2D eigenvalue weighted by molar-refractivity contribution is 9.10. The Morgan fingerprint density at radius 3 is 2.62 bits per heavy atom. The fourth-order valence-corrected chi connectivity index (χ4v) is 1.65. The summed E-state index contributed by atoms with van der Waals surface area (Å²) in [7, 11) is 0. The smallest absolute Gasteiger partial charge is 0.309 e. The molecule has 0 saturated carbocycles. The Balaban J connectivity index is 2.86. The van der Waals surface area contributed by atoms with Gasteiger partial charge in [-0.3, -0.25) is 4.79 Å². The number of rotatable bonds is 4. The molecule has 0 bridgehead atoms. The van der Waals surface area contributed by atoms with Crippen molar-refractivity contribution in [3.8, 4) is 0 Å². The van der Waals surface area contributed by atoms with Crippen molar-refractivity contribution in [2.24, 2.45) is 0 Å². The molecule has 1 rings (SSSR count). The first-order valence-corrected chi connectivity index (χ1v) is 5.13. The van der Waals surface area contributed by atoms with Gasteiger partial charge in [0.05, 0.1) is 0 Å². The topological polar surface area (TPSA) is 37.3 Å². The van der Waals surface area contributed by atoms with Crippen molar-refractivity contribution in [2.75, 3.05) is 0 Å². The van der Waals surface area contributed by atoms with Gasteiger partial charge < -0.3 is 5.11 Å². The first-order chi connectivity index (χ1) is 7.30. The van der Waals surface area contributed by atoms with Gasteiger partial charge in [-0.05, 0) is 23.8 Å². The Labute approximate surface area is 98.2 Å². The zero-order valence-electron chi connectivity index (χ0n) is 8.01. The third-order valence-corrected chi connectivity index (χ3v) is 2.36. The molecule has 0 saturated heterocycles. The van der Waals surface area contributed by atoms with Gasteiger partial charge in [0.1, 0.15) is 12.2 Å². The molecule has 1 aromatic carbocycles. The van der Waals surface area contributed by atoms with E-state index in [1.165, 1.54) is 12.1 Å². The van der Waals surface area contributed by atoms with E-state index in [-0.39, 0.29) is 5.56 Å². The van der Waals surface area contributed by atoms with Gasteiger partial charge >= 0.3 is 5.97 Å². The quantitative estimate of drug-likeness (QED) is 0.926. The maximum atomic E-state index is 13.1. The van der Waals surface area contributed by atoms with E-state index in [1.807, 2.05) is 0 Å². The normalized spacial score (nSPS) is 11.5. The highest BCUT2D eigenvalue weighted by Crippen LogP contribution is 2.26. The van der Waals surface area contributed by atoms with Crippen molar-refractivity contribution in [1.82, 2.24) is 0 Å². The van der Waals surface area contributed by atoms with Crippen LogP contribution in [0.5, 0.6) is 0 Å². The van der Waals surface area contributed by atoms with Crippen LogP contribution in [0.2, 0.25) is 0 Å². The Hall–Kier alpha value is -1.04. The van der Waals surface area contributed by atoms with E-state index in [0.717, 1.165) is 6.07 Å². The predicted octanol–water partition coefficient (Wildman–Crippen LogP) is 3.24. The highest BCUT2D eigenvalue weighted by atomic mass is 79.9. The van der Waals surface area contributed by atoms with Crippen LogP contribution in [0.15, 0.2) is 22.7 Å². The molecule has 1 N–H and O–H groups in total. The molecule has 0 heterocycles. The first-order valence-electron chi connectivity index (χ1n) is 4.34. The Bertz CT molecular complexity index is 407. The van der Waals surface area contributed by atoms with Crippen molar-refractivity contribution in [1.29, 1.82) is 0 Å². The number of aliphatic carboxylic acids is 1. The molecule has 0 aromatic heterocycles. The molecule has 0 aliphatic carbocycles. The fraction of sp³-hybridized carbons (Fsp3) is 0.300. The van der Waals surface area contributed by atoms with Crippen LogP contribution in [-0.2, 0) is 11.2 Å². The molecule has 0 unspecified atom stereocenters. The molecule has 0 aliphatic heterocycles. The lowest BCUT2D eigenvalue weighted by atomic mass is 10.0. The van der Waals surface area contributed by atoms with Crippen LogP contribution in [0, 0.1) is 5.82 Å². The summed E-state index contributed by atoms with van der Waals surface area (Å²) in [6.45, 7) is 0. The molecule has 0 radical (unpaired) electrons. The molecule has 0 fully saturated rings. The van der Waals surface area contributed by atoms with Gasteiger partial charge in [-0.1, -0.05) is 15.9 Å². The van der Waals surface area contributed by atoms with Crippen LogP contribution in [0.25, 0.3) is 0 Å². The number of hydrogen-bond donors (Lipinski definition) is 1. The summed E-state index contributed by atoms with van der Waals surface area (Å²) in [5, 5.41) is 8.27. The second-order valence-electron chi connectivity index (χ2n) is 3.34. The number of halogens is 4. The minimum absolute atomic E-state index is 0.208. The monoisotopic (exact) mass is 296 g/mol. The summed E-state index contributed by atoms with van der Waals surface area (Å²) in [6.07, 6.45) is -2.23. The minimum atomic E-state index is -3.45. The second-order valence-corrected chi connectivity index (χ2v) is 4.25. The zero-order chi connectivity index (χ0) is 12.3. The van der Waals surface area contributed by atoms with E-state index < -0.39 is 30.6 Å². The molecule has 0 amide bonds. The van der Waals surface area contributed by atoms with Gasteiger partial charge in [0, 0.05) is 10.9 Å². The second kappa shape index (κ2) is 4.86. The third-order valence-electron chi connectivity index (χ3n) is 1.87. The Kier molecular flexibility index (Phi) is 3.96. The molecule has 2 nitrogen and oxygen atoms in total. The summed E-state index contributed by atoms with van der Waals surface area (Å²) in [5.74, 6) is -5.83. The van der Waals surface area contributed by atoms with Gasteiger partial charge in [-0.15, -0.1) is 0 Å². The minimum Gasteiger partial charge on any atom is -0.481 e. The number of carboxylic acid groups (broad SMARTS) is 1. The van der Waals surface area contributed by atoms with Gasteiger partial charge in [-0.25, -0.2) is 13.2 Å². The number of alkyl halides is 2. The molecule has 6 heteroatoms. The molecule has 88 valence electrons. The first kappa shape index (κ1) is 13.0. The van der Waals surface area contributed by atoms with Gasteiger partial charge in [0.2, 0.25) is 0 Å². The number of carbonyl (C=O) groups is 1. The van der Waals surface area contributed by atoms with Crippen LogP contribution in [0.4, 0.5) is 13.2 Å². The standard InChI is InChI=1S/C10H8BrF3O2/c11-7-1-2-8(12)6(3-7)4-10(13,14)5-9(15)16/h1-3H,4-5H2,(H,15,16). The summed E-state index contributed by atoms with van der Waals surface area (Å²) in [6, 6.07) is 3.65. The molecular weight excluding hydrogens is 289 g/mol. The van der Waals surface area contributed by atoms with Crippen molar-refractivity contribution in [3.05, 3.63) is 34.1 Å².